The highest BCUT2D eigenvalue weighted by Gasteiger charge is 2.46. The normalized spacial score (nSPS) is 48.5. The van der Waals surface area contributed by atoms with Crippen molar-refractivity contribution in [2.24, 2.45) is 5.92 Å². The average molecular weight is 170 g/mol. The minimum atomic E-state index is -0.712. The molecule has 0 bridgehead atoms. The first-order valence-electron chi connectivity index (χ1n) is 5.14. The zero-order valence-corrected chi connectivity index (χ0v) is 7.50. The lowest BCUT2D eigenvalue weighted by Gasteiger charge is -2.46. The highest BCUT2D eigenvalue weighted by Crippen LogP contribution is 2.43. The van der Waals surface area contributed by atoms with Gasteiger partial charge in [-0.25, -0.2) is 0 Å². The largest absolute Gasteiger partial charge is 0.390 e. The summed E-state index contributed by atoms with van der Waals surface area (Å²) < 4.78 is 0. The molecule has 2 rings (SSSR count). The predicted octanol–water partition coefficient (Wildman–Crippen LogP) is 1.45. The second-order valence-corrected chi connectivity index (χ2v) is 4.38. The fourth-order valence-electron chi connectivity index (χ4n) is 2.89. The Hall–Kier alpha value is -0.0800. The second-order valence-electron chi connectivity index (χ2n) is 4.38. The van der Waals surface area contributed by atoms with Crippen LogP contribution in [0.5, 0.6) is 0 Å². The lowest BCUT2D eigenvalue weighted by molar-refractivity contribution is -0.153. The third-order valence-corrected chi connectivity index (χ3v) is 3.69. The molecule has 0 aromatic carbocycles. The molecule has 0 amide bonds. The second kappa shape index (κ2) is 3.00. The van der Waals surface area contributed by atoms with Crippen molar-refractivity contribution in [3.05, 3.63) is 0 Å². The van der Waals surface area contributed by atoms with Crippen LogP contribution in [0, 0.1) is 5.92 Å². The van der Waals surface area contributed by atoms with Gasteiger partial charge in [0, 0.05) is 0 Å². The van der Waals surface area contributed by atoms with Gasteiger partial charge in [0.2, 0.25) is 0 Å². The van der Waals surface area contributed by atoms with Crippen LogP contribution in [0.2, 0.25) is 0 Å². The highest BCUT2D eigenvalue weighted by molar-refractivity contribution is 4.98. The molecule has 0 aromatic rings. The summed E-state index contributed by atoms with van der Waals surface area (Å²) in [6.45, 7) is 0. The minimum absolute atomic E-state index is 0.384. The van der Waals surface area contributed by atoms with Crippen molar-refractivity contribution < 1.29 is 10.2 Å². The lowest BCUT2D eigenvalue weighted by atomic mass is 9.66. The molecule has 2 aliphatic rings. The van der Waals surface area contributed by atoms with Gasteiger partial charge in [-0.05, 0) is 31.6 Å². The summed E-state index contributed by atoms with van der Waals surface area (Å²) in [4.78, 5) is 0. The first-order valence-corrected chi connectivity index (χ1v) is 5.14. The van der Waals surface area contributed by atoms with Gasteiger partial charge in [0.1, 0.15) is 0 Å². The Balaban J connectivity index is 2.14. The Bertz CT molecular complexity index is 167. The van der Waals surface area contributed by atoms with E-state index in [-0.39, 0.29) is 0 Å². The summed E-state index contributed by atoms with van der Waals surface area (Å²) in [6, 6.07) is 0. The molecule has 2 N–H and O–H groups in total. The Morgan fingerprint density at radius 3 is 2.50 bits per heavy atom. The number of hydrogen-bond acceptors (Lipinski definition) is 2. The van der Waals surface area contributed by atoms with E-state index in [4.69, 9.17) is 0 Å². The first kappa shape index (κ1) is 8.52. The molecule has 0 spiro atoms. The fraction of sp³-hybridized carbons (Fsp3) is 1.00. The van der Waals surface area contributed by atoms with Crippen LogP contribution in [0.1, 0.15) is 44.9 Å². The van der Waals surface area contributed by atoms with Crippen LogP contribution in [0.3, 0.4) is 0 Å². The van der Waals surface area contributed by atoms with Crippen molar-refractivity contribution in [1.29, 1.82) is 0 Å². The van der Waals surface area contributed by atoms with Crippen LogP contribution >= 0.6 is 0 Å². The van der Waals surface area contributed by atoms with E-state index < -0.39 is 11.7 Å². The Morgan fingerprint density at radius 2 is 1.75 bits per heavy atom. The van der Waals surface area contributed by atoms with E-state index in [2.05, 4.69) is 0 Å². The van der Waals surface area contributed by atoms with E-state index in [1.54, 1.807) is 0 Å². The number of fused-ring (bicyclic) bond motifs is 1. The standard InChI is InChI=1S/C10H18O2/c11-9-6-3-5-8-4-1-2-7-10(8,9)12/h8-9,11-12H,1-7H2. The summed E-state index contributed by atoms with van der Waals surface area (Å²) >= 11 is 0. The van der Waals surface area contributed by atoms with Gasteiger partial charge in [-0.1, -0.05) is 19.3 Å². The molecule has 0 aromatic heterocycles. The third kappa shape index (κ3) is 1.17. The third-order valence-electron chi connectivity index (χ3n) is 3.69. The molecule has 2 aliphatic carbocycles. The molecule has 3 unspecified atom stereocenters. The number of aliphatic hydroxyl groups excluding tert-OH is 1. The molecule has 0 saturated heterocycles. The van der Waals surface area contributed by atoms with E-state index in [0.29, 0.717) is 5.92 Å². The SMILES string of the molecule is OC1CCCC2CCCCC12O. The molecule has 0 aliphatic heterocycles. The van der Waals surface area contributed by atoms with Gasteiger partial charge in [0.15, 0.2) is 0 Å². The van der Waals surface area contributed by atoms with Crippen LogP contribution in [0.15, 0.2) is 0 Å². The summed E-state index contributed by atoms with van der Waals surface area (Å²) in [5.74, 6) is 0.384. The van der Waals surface area contributed by atoms with Crippen molar-refractivity contribution in [3.63, 3.8) is 0 Å². The molecule has 2 nitrogen and oxygen atoms in total. The summed E-state index contributed by atoms with van der Waals surface area (Å²) in [6.07, 6.45) is 6.82. The van der Waals surface area contributed by atoms with Crippen LogP contribution < -0.4 is 0 Å². The van der Waals surface area contributed by atoms with Crippen molar-refractivity contribution >= 4 is 0 Å². The smallest absolute Gasteiger partial charge is 0.0933 e. The van der Waals surface area contributed by atoms with Gasteiger partial charge in [-0.15, -0.1) is 0 Å². The summed E-state index contributed by atoms with van der Waals surface area (Å²) in [7, 11) is 0. The Morgan fingerprint density at radius 1 is 1.00 bits per heavy atom. The summed E-state index contributed by atoms with van der Waals surface area (Å²) in [5, 5.41) is 19.9. The highest BCUT2D eigenvalue weighted by atomic mass is 16.3. The van der Waals surface area contributed by atoms with E-state index in [0.717, 1.165) is 38.5 Å². The van der Waals surface area contributed by atoms with Crippen LogP contribution in [-0.4, -0.2) is 21.9 Å². The van der Waals surface area contributed by atoms with Gasteiger partial charge >= 0.3 is 0 Å². The monoisotopic (exact) mass is 170 g/mol. The topological polar surface area (TPSA) is 40.5 Å². The van der Waals surface area contributed by atoms with Crippen LogP contribution in [-0.2, 0) is 0 Å². The van der Waals surface area contributed by atoms with Gasteiger partial charge in [0.05, 0.1) is 11.7 Å². The fourth-order valence-corrected chi connectivity index (χ4v) is 2.89. The maximum absolute atomic E-state index is 10.2. The Kier molecular flexibility index (Phi) is 2.13. The quantitative estimate of drug-likeness (QED) is 0.577. The van der Waals surface area contributed by atoms with E-state index in [1.165, 1.54) is 6.42 Å². The van der Waals surface area contributed by atoms with Crippen LogP contribution in [0.4, 0.5) is 0 Å². The van der Waals surface area contributed by atoms with Gasteiger partial charge < -0.3 is 10.2 Å². The number of aliphatic hydroxyl groups is 2. The molecule has 3 atom stereocenters. The molecular weight excluding hydrogens is 152 g/mol. The Labute approximate surface area is 73.6 Å². The van der Waals surface area contributed by atoms with E-state index >= 15 is 0 Å². The molecule has 2 fully saturated rings. The van der Waals surface area contributed by atoms with Crippen molar-refractivity contribution in [1.82, 2.24) is 0 Å². The predicted molar refractivity (Wildman–Crippen MR) is 46.8 cm³/mol. The zero-order valence-electron chi connectivity index (χ0n) is 7.50. The maximum Gasteiger partial charge on any atom is 0.0933 e. The molecule has 2 heteroatoms. The van der Waals surface area contributed by atoms with Crippen LogP contribution in [0.25, 0.3) is 0 Å². The van der Waals surface area contributed by atoms with Crippen molar-refractivity contribution in [3.8, 4) is 0 Å². The molecular formula is C10H18O2. The number of rotatable bonds is 0. The molecule has 2 saturated carbocycles. The number of hydrogen-bond donors (Lipinski definition) is 2. The van der Waals surface area contributed by atoms with Gasteiger partial charge in [-0.2, -0.15) is 0 Å². The minimum Gasteiger partial charge on any atom is -0.390 e. The molecule has 12 heavy (non-hydrogen) atoms. The molecule has 0 heterocycles. The van der Waals surface area contributed by atoms with Crippen molar-refractivity contribution in [2.75, 3.05) is 0 Å². The van der Waals surface area contributed by atoms with E-state index in [9.17, 15) is 10.2 Å². The lowest BCUT2D eigenvalue weighted by Crippen LogP contribution is -2.52. The van der Waals surface area contributed by atoms with E-state index in [1.807, 2.05) is 0 Å². The molecule has 70 valence electrons. The van der Waals surface area contributed by atoms with Crippen molar-refractivity contribution in [2.45, 2.75) is 56.7 Å². The average Bonchev–Trinajstić information content (AvgIpc) is 2.07. The first-order chi connectivity index (χ1) is 5.73. The zero-order chi connectivity index (χ0) is 8.60. The van der Waals surface area contributed by atoms with Gasteiger partial charge in [-0.3, -0.25) is 0 Å². The molecule has 0 radical (unpaired) electrons. The summed E-state index contributed by atoms with van der Waals surface area (Å²) in [5.41, 5.74) is -0.712. The van der Waals surface area contributed by atoms with Gasteiger partial charge in [0.25, 0.3) is 0 Å². The maximum atomic E-state index is 10.2.